The molecule has 4 nitrogen and oxygen atoms in total. The van der Waals surface area contributed by atoms with Crippen LogP contribution in [-0.2, 0) is 27.2 Å². The van der Waals surface area contributed by atoms with Gasteiger partial charge in [0, 0.05) is 30.7 Å². The highest BCUT2D eigenvalue weighted by atomic mass is 16.1. The minimum Gasteiger partial charge on any atom is -0.300 e. The molecule has 0 heterocycles. The van der Waals surface area contributed by atoms with Crippen LogP contribution in [0.3, 0.4) is 0 Å². The molecule has 3 rings (SSSR count). The van der Waals surface area contributed by atoms with E-state index in [4.69, 9.17) is 0 Å². The van der Waals surface area contributed by atoms with Gasteiger partial charge in [0.1, 0.15) is 17.3 Å². The molecule has 0 saturated heterocycles. The molecule has 38 heavy (non-hydrogen) atoms. The summed E-state index contributed by atoms with van der Waals surface area (Å²) in [6.45, 7) is 9.68. The highest BCUT2D eigenvalue weighted by Crippen LogP contribution is 2.40. The molecular weight excluding hydrogens is 472 g/mol. The largest absolute Gasteiger partial charge is 0.300 e. The standard InChI is InChI=1S/C34H44O4/c1-6-9-27(29(8-3)32(37)17-23(5)35)18-25-20-31-30(16-11-22(4)34(31)33(38)21-25)26-14-12-24(13-15-26)19-28(36)10-7-2/h11-16,25,27,29H,6-10,17-21H2,1-5H3. The van der Waals surface area contributed by atoms with Gasteiger partial charge in [-0.2, -0.15) is 0 Å². The quantitative estimate of drug-likeness (QED) is 0.241. The van der Waals surface area contributed by atoms with Crippen molar-refractivity contribution in [3.05, 3.63) is 58.7 Å². The molecule has 0 N–H and O–H groups in total. The fraction of sp³-hybridized carbons (Fsp3) is 0.529. The summed E-state index contributed by atoms with van der Waals surface area (Å²) in [7, 11) is 0. The molecule has 1 aliphatic rings. The first-order valence-corrected chi connectivity index (χ1v) is 14.5. The number of fused-ring (bicyclic) bond motifs is 1. The first-order chi connectivity index (χ1) is 18.2. The Bertz CT molecular complexity index is 1160. The second-order valence-electron chi connectivity index (χ2n) is 11.3. The number of carbonyl (C=O) groups is 4. The van der Waals surface area contributed by atoms with Crippen LogP contribution < -0.4 is 0 Å². The van der Waals surface area contributed by atoms with Crippen LogP contribution in [-0.4, -0.2) is 23.1 Å². The van der Waals surface area contributed by atoms with E-state index in [2.05, 4.69) is 25.1 Å². The maximum Gasteiger partial charge on any atom is 0.163 e. The maximum absolute atomic E-state index is 13.4. The van der Waals surface area contributed by atoms with Crippen LogP contribution in [0.1, 0.15) is 106 Å². The van der Waals surface area contributed by atoms with E-state index < -0.39 is 0 Å². The molecule has 0 saturated carbocycles. The summed E-state index contributed by atoms with van der Waals surface area (Å²) < 4.78 is 0. The van der Waals surface area contributed by atoms with Crippen LogP contribution in [0.5, 0.6) is 0 Å². The van der Waals surface area contributed by atoms with E-state index in [1.165, 1.54) is 6.92 Å². The number of hydrogen-bond donors (Lipinski definition) is 0. The van der Waals surface area contributed by atoms with Crippen molar-refractivity contribution in [2.75, 3.05) is 0 Å². The molecule has 0 bridgehead atoms. The zero-order valence-electron chi connectivity index (χ0n) is 23.9. The van der Waals surface area contributed by atoms with Crippen LogP contribution in [0, 0.1) is 24.7 Å². The summed E-state index contributed by atoms with van der Waals surface area (Å²) in [6, 6.07) is 12.4. The van der Waals surface area contributed by atoms with Gasteiger partial charge >= 0.3 is 0 Å². The molecule has 4 heteroatoms. The summed E-state index contributed by atoms with van der Waals surface area (Å²) in [4.78, 5) is 50.1. The number of aryl methyl sites for hydroxylation is 1. The van der Waals surface area contributed by atoms with E-state index in [1.807, 2.05) is 39.0 Å². The van der Waals surface area contributed by atoms with Gasteiger partial charge in [0.05, 0.1) is 6.42 Å². The lowest BCUT2D eigenvalue weighted by Gasteiger charge is -2.32. The Kier molecular flexibility index (Phi) is 10.8. The van der Waals surface area contributed by atoms with Crippen molar-refractivity contribution in [1.29, 1.82) is 0 Å². The number of carbonyl (C=O) groups excluding carboxylic acids is 4. The van der Waals surface area contributed by atoms with Crippen LogP contribution in [0.2, 0.25) is 0 Å². The van der Waals surface area contributed by atoms with Crippen molar-refractivity contribution in [3.63, 3.8) is 0 Å². The first kappa shape index (κ1) is 29.7. The summed E-state index contributed by atoms with van der Waals surface area (Å²) in [5, 5.41) is 0. The molecule has 0 amide bonds. The van der Waals surface area contributed by atoms with Crippen LogP contribution >= 0.6 is 0 Å². The lowest BCUT2D eigenvalue weighted by atomic mass is 9.71. The summed E-state index contributed by atoms with van der Waals surface area (Å²) in [6.07, 6.45) is 6.72. The highest BCUT2D eigenvalue weighted by molar-refractivity contribution is 6.02. The molecule has 3 atom stereocenters. The maximum atomic E-state index is 13.4. The van der Waals surface area contributed by atoms with Crippen molar-refractivity contribution in [1.82, 2.24) is 0 Å². The lowest BCUT2D eigenvalue weighted by Crippen LogP contribution is -2.30. The van der Waals surface area contributed by atoms with Gasteiger partial charge in [-0.25, -0.2) is 0 Å². The van der Waals surface area contributed by atoms with Gasteiger partial charge < -0.3 is 0 Å². The van der Waals surface area contributed by atoms with Gasteiger partial charge in [-0.05, 0) is 79.2 Å². The summed E-state index contributed by atoms with van der Waals surface area (Å²) in [5.41, 5.74) is 6.15. The van der Waals surface area contributed by atoms with E-state index in [0.29, 0.717) is 19.3 Å². The fourth-order valence-corrected chi connectivity index (χ4v) is 6.41. The smallest absolute Gasteiger partial charge is 0.163 e. The van der Waals surface area contributed by atoms with E-state index in [-0.39, 0.29) is 47.3 Å². The molecule has 0 aliphatic heterocycles. The molecule has 2 aromatic rings. The van der Waals surface area contributed by atoms with Crippen molar-refractivity contribution in [2.45, 2.75) is 98.8 Å². The molecule has 0 radical (unpaired) electrons. The minimum atomic E-state index is -0.129. The average molecular weight is 517 g/mol. The van der Waals surface area contributed by atoms with Gasteiger partial charge in [0.2, 0.25) is 0 Å². The third-order valence-electron chi connectivity index (χ3n) is 8.10. The second-order valence-corrected chi connectivity index (χ2v) is 11.3. The summed E-state index contributed by atoms with van der Waals surface area (Å²) in [5.74, 6) is 0.657. The monoisotopic (exact) mass is 516 g/mol. The predicted molar refractivity (Wildman–Crippen MR) is 153 cm³/mol. The zero-order valence-corrected chi connectivity index (χ0v) is 23.9. The van der Waals surface area contributed by atoms with E-state index in [1.54, 1.807) is 0 Å². The second kappa shape index (κ2) is 13.8. The number of ketones is 4. The Balaban J connectivity index is 1.88. The first-order valence-electron chi connectivity index (χ1n) is 14.5. The Morgan fingerprint density at radius 2 is 1.66 bits per heavy atom. The molecule has 1 aliphatic carbocycles. The lowest BCUT2D eigenvalue weighted by molar-refractivity contribution is -0.130. The van der Waals surface area contributed by atoms with E-state index >= 15 is 0 Å². The van der Waals surface area contributed by atoms with E-state index in [0.717, 1.165) is 71.9 Å². The Hall–Kier alpha value is -2.88. The summed E-state index contributed by atoms with van der Waals surface area (Å²) >= 11 is 0. The zero-order chi connectivity index (χ0) is 27.8. The number of hydrogen-bond acceptors (Lipinski definition) is 4. The van der Waals surface area contributed by atoms with Crippen LogP contribution in [0.4, 0.5) is 0 Å². The van der Waals surface area contributed by atoms with Crippen molar-refractivity contribution in [3.8, 4) is 11.1 Å². The van der Waals surface area contributed by atoms with Gasteiger partial charge in [-0.3, -0.25) is 19.2 Å². The Morgan fingerprint density at radius 1 is 0.947 bits per heavy atom. The third-order valence-corrected chi connectivity index (χ3v) is 8.10. The fourth-order valence-electron chi connectivity index (χ4n) is 6.41. The van der Waals surface area contributed by atoms with Gasteiger partial charge in [-0.15, -0.1) is 0 Å². The Labute approximate surface area is 228 Å². The van der Waals surface area contributed by atoms with Crippen molar-refractivity contribution in [2.24, 2.45) is 17.8 Å². The van der Waals surface area contributed by atoms with Crippen molar-refractivity contribution >= 4 is 23.1 Å². The number of Topliss-reactive ketones (excluding diaryl/α,β-unsaturated/α-hetero) is 4. The minimum absolute atomic E-state index is 0.00846. The topological polar surface area (TPSA) is 68.3 Å². The SMILES string of the molecule is CCCC(=O)Cc1ccc(-c2ccc(C)c3c2CC(CC(CCC)C(CC)C(=O)CC(C)=O)CC3=O)cc1. The van der Waals surface area contributed by atoms with Gasteiger partial charge in [0.25, 0.3) is 0 Å². The molecule has 0 spiro atoms. The van der Waals surface area contributed by atoms with Gasteiger partial charge in [0.15, 0.2) is 5.78 Å². The molecule has 2 aromatic carbocycles. The predicted octanol–water partition coefficient (Wildman–Crippen LogP) is 7.70. The molecule has 0 fully saturated rings. The highest BCUT2D eigenvalue weighted by Gasteiger charge is 2.34. The van der Waals surface area contributed by atoms with Gasteiger partial charge in [-0.1, -0.05) is 70.0 Å². The Morgan fingerprint density at radius 3 is 2.26 bits per heavy atom. The normalized spacial score (nSPS) is 16.6. The number of benzene rings is 2. The third kappa shape index (κ3) is 7.36. The van der Waals surface area contributed by atoms with Crippen LogP contribution in [0.25, 0.3) is 11.1 Å². The molecule has 204 valence electrons. The number of rotatable bonds is 14. The van der Waals surface area contributed by atoms with Crippen LogP contribution in [0.15, 0.2) is 36.4 Å². The average Bonchev–Trinajstić information content (AvgIpc) is 2.85. The molecule has 0 aromatic heterocycles. The van der Waals surface area contributed by atoms with Crippen molar-refractivity contribution < 1.29 is 19.2 Å². The molecular formula is C34H44O4. The molecule has 3 unspecified atom stereocenters. The van der Waals surface area contributed by atoms with E-state index in [9.17, 15) is 19.2 Å².